The Labute approximate surface area is 135 Å². The first-order chi connectivity index (χ1) is 5.20. The first-order valence-corrected chi connectivity index (χ1v) is 1.75. The van der Waals surface area contributed by atoms with Crippen LogP contribution in [0.2, 0.25) is 0 Å². The van der Waals surface area contributed by atoms with E-state index >= 15 is 0 Å². The van der Waals surface area contributed by atoms with Crippen molar-refractivity contribution in [2.45, 2.75) is 0 Å². The molecule has 0 fully saturated rings. The minimum absolute atomic E-state index is 0. The molecule has 0 heterocycles. The second-order valence-electron chi connectivity index (χ2n) is 0.758. The Morgan fingerprint density at radius 2 is 0.421 bits per heavy atom. The van der Waals surface area contributed by atoms with Crippen molar-refractivity contribution in [2.24, 2.45) is 0 Å². The maximum atomic E-state index is 8.47. The zero-order valence-corrected chi connectivity index (χ0v) is 12.5. The average molecular weight is 441 g/mol. The van der Waals surface area contributed by atoms with E-state index in [0.29, 0.717) is 0 Å². The molecule has 0 rings (SSSR count). The predicted molar refractivity (Wildman–Crippen MR) is 43.3 cm³/mol. The summed E-state index contributed by atoms with van der Waals surface area (Å²) in [7, 11) is 0. The van der Waals surface area contributed by atoms with Crippen LogP contribution in [0.1, 0.15) is 0 Å². The van der Waals surface area contributed by atoms with Crippen molar-refractivity contribution in [3.63, 3.8) is 0 Å². The van der Waals surface area contributed by atoms with Crippen LogP contribution in [0.4, 0.5) is 0 Å². The summed E-state index contributed by atoms with van der Waals surface area (Å²) >= 11 is 0. The molecule has 0 unspecified atom stereocenters. The zero-order chi connectivity index (χ0) is 10.7. The molecule has 0 saturated carbocycles. The van der Waals surface area contributed by atoms with Gasteiger partial charge in [-0.2, -0.15) is 0 Å². The molecule has 0 aliphatic rings. The van der Waals surface area contributed by atoms with E-state index in [1.807, 2.05) is 0 Å². The summed E-state index contributed by atoms with van der Waals surface area (Å²) in [5, 5.41) is 37.6. The van der Waals surface area contributed by atoms with Crippen LogP contribution in [-0.4, -0.2) is 79.4 Å². The smallest absolute Gasteiger partial charge is 0.412 e. The van der Waals surface area contributed by atoms with E-state index in [-0.39, 0.29) is 74.1 Å². The van der Waals surface area contributed by atoms with E-state index in [1.54, 1.807) is 0 Å². The third kappa shape index (κ3) is 2230. The predicted octanol–water partition coefficient (Wildman–Crippen LogP) is -6.32. The van der Waals surface area contributed by atoms with Crippen LogP contribution < -0.4 is 0 Å². The first kappa shape index (κ1) is 83.1. The Hall–Kier alpha value is -1.28. The van der Waals surface area contributed by atoms with Gasteiger partial charge in [-0.05, 0) is 0 Å². The zero-order valence-electron chi connectivity index (χ0n) is 8.83. The van der Waals surface area contributed by atoms with Crippen molar-refractivity contribution in [1.29, 1.82) is 0 Å². The van der Waals surface area contributed by atoms with Gasteiger partial charge in [-0.3, -0.25) is 0 Å². The molecule has 1 radical (unpaired) electrons. The van der Waals surface area contributed by atoms with Gasteiger partial charge in [0.2, 0.25) is 0 Å². The maximum Gasteiger partial charge on any atom is 0.472 e. The SMILES string of the molecule is O.O.O.O.O.O.O=[N+](O)O.O=[N+](O)O.O=[N+](O)O.[Pr]. The van der Waals surface area contributed by atoms with Gasteiger partial charge >= 0.3 is 15.3 Å². The Morgan fingerprint density at radius 3 is 0.421 bits per heavy atom. The number of nitrogens with zero attached hydrogens (tertiary/aromatic N) is 3. The van der Waals surface area contributed by atoms with Crippen LogP contribution in [0.25, 0.3) is 0 Å². The molecule has 0 saturated heterocycles. The van der Waals surface area contributed by atoms with E-state index < -0.39 is 15.3 Å². The van der Waals surface area contributed by atoms with Gasteiger partial charge in [0.15, 0.2) is 0 Å². The van der Waals surface area contributed by atoms with Crippen molar-refractivity contribution >= 4 is 0 Å². The summed E-state index contributed by atoms with van der Waals surface area (Å²) in [5.74, 6) is 0. The number of rotatable bonds is 0. The van der Waals surface area contributed by atoms with Gasteiger partial charge in [-0.15, -0.1) is 0 Å². The van der Waals surface area contributed by atoms with Crippen LogP contribution in [-0.2, 0) is 0 Å². The Morgan fingerprint density at radius 1 is 0.421 bits per heavy atom. The molecular weight excluding hydrogens is 423 g/mol. The Kier molecular flexibility index (Phi) is 303. The van der Waals surface area contributed by atoms with Crippen LogP contribution in [0, 0.1) is 56.0 Å². The van der Waals surface area contributed by atoms with E-state index in [1.165, 1.54) is 0 Å². The maximum absolute atomic E-state index is 8.47. The molecule has 0 atom stereocenters. The fourth-order valence-electron chi connectivity index (χ4n) is 0. The summed E-state index contributed by atoms with van der Waals surface area (Å²) < 4.78 is 0. The minimum Gasteiger partial charge on any atom is -0.412 e. The van der Waals surface area contributed by atoms with E-state index in [4.69, 9.17) is 46.0 Å². The van der Waals surface area contributed by atoms with E-state index in [0.717, 1.165) is 0 Å². The van der Waals surface area contributed by atoms with Gasteiger partial charge in [0, 0.05) is 41.3 Å². The summed E-state index contributed by atoms with van der Waals surface area (Å²) in [6.07, 6.45) is 0. The fraction of sp³-hybridized carbons (Fsp3) is 0. The van der Waals surface area contributed by atoms with Gasteiger partial charge in [0.25, 0.3) is 0 Å². The van der Waals surface area contributed by atoms with Gasteiger partial charge < -0.3 is 32.9 Å². The Bertz CT molecular complexity index is 115. The topological polar surface area (TPSA) is 371 Å². The molecule has 0 spiro atoms. The monoisotopic (exact) mass is 441 g/mol. The van der Waals surface area contributed by atoms with Gasteiger partial charge in [-0.25, -0.2) is 31.2 Å². The van der Waals surface area contributed by atoms with Gasteiger partial charge in [0.1, 0.15) is 14.7 Å². The van der Waals surface area contributed by atoms with Crippen molar-refractivity contribution in [1.82, 2.24) is 0 Å². The number of hydrogen-bond acceptors (Lipinski definition) is 3. The fourth-order valence-corrected chi connectivity index (χ4v) is 0. The molecule has 19 heavy (non-hydrogen) atoms. The molecule has 0 aliphatic carbocycles. The van der Waals surface area contributed by atoms with E-state index in [9.17, 15) is 0 Å². The van der Waals surface area contributed by atoms with Crippen LogP contribution in [0.5, 0.6) is 0 Å². The van der Waals surface area contributed by atoms with Crippen LogP contribution in [0.15, 0.2) is 0 Å². The molecule has 0 aliphatic heterocycles. The third-order valence-corrected chi connectivity index (χ3v) is 0. The summed E-state index contributed by atoms with van der Waals surface area (Å²) in [5.41, 5.74) is 0. The molecule has 0 bridgehead atoms. The standard InChI is InChI=1S/3H2NO3.6H2O.Pr/c3*2-1(3)4;;;;;;;/h3*(H2,2,3,4);6*1H2;/q3*+1;;;;;;;. The molecule has 123 valence electrons. The van der Waals surface area contributed by atoms with Crippen molar-refractivity contribution in [3.8, 4) is 0 Å². The van der Waals surface area contributed by atoms with Crippen LogP contribution >= 0.6 is 0 Å². The summed E-state index contributed by atoms with van der Waals surface area (Å²) in [6.45, 7) is 0. The van der Waals surface area contributed by atoms with Gasteiger partial charge in [0.05, 0.1) is 0 Å². The summed E-state index contributed by atoms with van der Waals surface area (Å²) in [6, 6.07) is 0. The molecule has 0 aromatic carbocycles. The van der Waals surface area contributed by atoms with Gasteiger partial charge in [-0.1, -0.05) is 0 Å². The van der Waals surface area contributed by atoms with E-state index in [2.05, 4.69) is 0 Å². The molecule has 19 heteroatoms. The third-order valence-electron chi connectivity index (χ3n) is 0. The molecule has 18 N–H and O–H groups in total. The summed E-state index contributed by atoms with van der Waals surface area (Å²) in [4.78, 5) is 25.4. The normalized spacial score (nSPS) is 3.79. The largest absolute Gasteiger partial charge is 0.472 e. The van der Waals surface area contributed by atoms with Crippen LogP contribution in [0.3, 0.4) is 0 Å². The second-order valence-corrected chi connectivity index (χ2v) is 0.758. The Balaban J connectivity index is -0.00000000675. The number of hydrogen-bond donors (Lipinski definition) is 6. The van der Waals surface area contributed by atoms with Crippen molar-refractivity contribution in [3.05, 3.63) is 14.7 Å². The minimum atomic E-state index is -1.25. The quantitative estimate of drug-likeness (QED) is 0.194. The molecular formula is H18N3O15Pr+3. The van der Waals surface area contributed by atoms with Crippen molar-refractivity contribution in [2.75, 3.05) is 0 Å². The molecule has 0 aromatic heterocycles. The first-order valence-electron chi connectivity index (χ1n) is 1.75. The molecule has 0 aromatic rings. The van der Waals surface area contributed by atoms with Crippen molar-refractivity contribution < 1.29 is 121 Å². The molecule has 18 nitrogen and oxygen atoms in total. The second kappa shape index (κ2) is 69.3. The average Bonchev–Trinajstić information content (AvgIpc) is 1.54. The molecule has 0 amide bonds.